The third-order valence-electron chi connectivity index (χ3n) is 12.1. The first-order valence-corrected chi connectivity index (χ1v) is 19.2. The van der Waals surface area contributed by atoms with Gasteiger partial charge in [0.15, 0.2) is 7.14 Å². The summed E-state index contributed by atoms with van der Waals surface area (Å²) in [5, 5.41) is 2.97. The minimum atomic E-state index is -3.12. The lowest BCUT2D eigenvalue weighted by Crippen LogP contribution is -2.44. The molecular formula is C46H34NOP. The van der Waals surface area contributed by atoms with Gasteiger partial charge in [0.2, 0.25) is 0 Å². The Morgan fingerprint density at radius 3 is 2.10 bits per heavy atom. The fourth-order valence-electron chi connectivity index (χ4n) is 10.2. The van der Waals surface area contributed by atoms with Crippen LogP contribution in [0, 0.1) is 0 Å². The predicted molar refractivity (Wildman–Crippen MR) is 203 cm³/mol. The van der Waals surface area contributed by atoms with E-state index in [2.05, 4.69) is 158 Å². The molecule has 0 fully saturated rings. The Balaban J connectivity index is 1.26. The van der Waals surface area contributed by atoms with Gasteiger partial charge in [-0.15, -0.1) is 0 Å². The van der Waals surface area contributed by atoms with Gasteiger partial charge in [0.25, 0.3) is 0 Å². The number of nitrogens with zero attached hydrogens (tertiary/aromatic N) is 1. The van der Waals surface area contributed by atoms with Gasteiger partial charge in [-0.25, -0.2) is 0 Å². The van der Waals surface area contributed by atoms with Crippen molar-refractivity contribution in [2.75, 3.05) is 4.90 Å². The molecule has 234 valence electrons. The van der Waals surface area contributed by atoms with Gasteiger partial charge in [-0.3, -0.25) is 0 Å². The summed E-state index contributed by atoms with van der Waals surface area (Å²) in [6.07, 6.45) is 6.74. The summed E-state index contributed by atoms with van der Waals surface area (Å²) in [5.41, 5.74) is 15.4. The number of hydrogen-bond donors (Lipinski definition) is 0. The molecule has 5 aliphatic rings. The van der Waals surface area contributed by atoms with Crippen molar-refractivity contribution >= 4 is 34.4 Å². The monoisotopic (exact) mass is 647 g/mol. The number of anilines is 2. The Morgan fingerprint density at radius 2 is 1.24 bits per heavy atom. The maximum Gasteiger partial charge on any atom is 0.172 e. The Bertz CT molecular complexity index is 2590. The van der Waals surface area contributed by atoms with Gasteiger partial charge in [-0.2, -0.15) is 0 Å². The van der Waals surface area contributed by atoms with E-state index in [1.54, 1.807) is 0 Å². The van der Waals surface area contributed by atoms with E-state index >= 15 is 4.57 Å². The van der Waals surface area contributed by atoms with E-state index in [0.717, 1.165) is 51.0 Å². The van der Waals surface area contributed by atoms with Gasteiger partial charge >= 0.3 is 0 Å². The number of para-hydroxylation sites is 1. The van der Waals surface area contributed by atoms with Gasteiger partial charge in [0, 0.05) is 38.4 Å². The van der Waals surface area contributed by atoms with Crippen LogP contribution in [0.2, 0.25) is 0 Å². The van der Waals surface area contributed by atoms with E-state index < -0.39 is 12.6 Å². The van der Waals surface area contributed by atoms with Crippen LogP contribution < -0.4 is 20.8 Å². The minimum absolute atomic E-state index is 0.0867. The first-order chi connectivity index (χ1) is 24.0. The Labute approximate surface area is 287 Å². The minimum Gasteiger partial charge on any atom is -0.314 e. The molecule has 3 heteroatoms. The molecule has 1 spiro atoms. The zero-order valence-corrected chi connectivity index (χ0v) is 28.5. The first kappa shape index (κ1) is 27.7. The van der Waals surface area contributed by atoms with Crippen molar-refractivity contribution in [1.82, 2.24) is 0 Å². The Kier molecular flexibility index (Phi) is 5.26. The zero-order valence-electron chi connectivity index (χ0n) is 27.6. The smallest absolute Gasteiger partial charge is 0.172 e. The highest BCUT2D eigenvalue weighted by atomic mass is 31.2. The molecule has 2 unspecified atom stereocenters. The molecule has 49 heavy (non-hydrogen) atoms. The Morgan fingerprint density at radius 1 is 0.592 bits per heavy atom. The van der Waals surface area contributed by atoms with Crippen LogP contribution in [0.1, 0.15) is 54.5 Å². The topological polar surface area (TPSA) is 20.3 Å². The van der Waals surface area contributed by atoms with E-state index in [9.17, 15) is 0 Å². The summed E-state index contributed by atoms with van der Waals surface area (Å²) in [4.78, 5) is 2.54. The molecular weight excluding hydrogens is 613 g/mol. The van der Waals surface area contributed by atoms with Gasteiger partial charge < -0.3 is 9.46 Å². The van der Waals surface area contributed by atoms with Crippen LogP contribution in [0.25, 0.3) is 22.3 Å². The largest absolute Gasteiger partial charge is 0.314 e. The molecule has 6 aromatic carbocycles. The average molecular weight is 648 g/mol. The van der Waals surface area contributed by atoms with E-state index in [1.807, 2.05) is 6.07 Å². The molecule has 2 aliphatic carbocycles. The molecule has 0 N–H and O–H groups in total. The predicted octanol–water partition coefficient (Wildman–Crippen LogP) is 10.0. The second-order valence-corrected chi connectivity index (χ2v) is 17.3. The lowest BCUT2D eigenvalue weighted by molar-refractivity contribution is 0.591. The SMILES string of the molecule is CC1(C)C2=C(CCC=C2)N(c2ccc3c(c2)C2(c4ccccc4-3)c3ccccc3P3(=O)c4ccccc4-c4cccc2c43)c2ccccc21. The summed E-state index contributed by atoms with van der Waals surface area (Å²) in [6, 6.07) is 48.7. The second-order valence-electron chi connectivity index (χ2n) is 14.6. The van der Waals surface area contributed by atoms with Crippen LogP contribution in [-0.4, -0.2) is 0 Å². The lowest BCUT2D eigenvalue weighted by Gasteiger charge is -2.45. The molecule has 6 aromatic rings. The number of fused-ring (bicyclic) bond motifs is 13. The zero-order chi connectivity index (χ0) is 32.7. The summed E-state index contributed by atoms with van der Waals surface area (Å²) < 4.78 is 15.9. The maximum absolute atomic E-state index is 15.9. The normalized spacial score (nSPS) is 22.5. The lowest BCUT2D eigenvalue weighted by atomic mass is 9.67. The fourth-order valence-corrected chi connectivity index (χ4v) is 13.7. The highest BCUT2D eigenvalue weighted by Crippen LogP contribution is 2.65. The fraction of sp³-hybridized carbons (Fsp3) is 0.130. The summed E-state index contributed by atoms with van der Waals surface area (Å²) >= 11 is 0. The van der Waals surface area contributed by atoms with E-state index in [4.69, 9.17) is 0 Å². The molecule has 3 aliphatic heterocycles. The van der Waals surface area contributed by atoms with Gasteiger partial charge in [0.05, 0.1) is 5.41 Å². The molecule has 0 amide bonds. The molecule has 3 heterocycles. The van der Waals surface area contributed by atoms with Crippen LogP contribution >= 0.6 is 7.14 Å². The third kappa shape index (κ3) is 3.14. The number of rotatable bonds is 1. The highest BCUT2D eigenvalue weighted by molar-refractivity contribution is 7.86. The van der Waals surface area contributed by atoms with E-state index in [-0.39, 0.29) is 5.41 Å². The molecule has 2 atom stereocenters. The molecule has 0 saturated carbocycles. The van der Waals surface area contributed by atoms with Gasteiger partial charge in [-0.05, 0) is 86.7 Å². The molecule has 0 radical (unpaired) electrons. The number of allylic oxidation sites excluding steroid dienone is 4. The quantitative estimate of drug-likeness (QED) is 0.165. The third-order valence-corrected chi connectivity index (χ3v) is 15.4. The molecule has 11 rings (SSSR count). The van der Waals surface area contributed by atoms with Crippen molar-refractivity contribution in [1.29, 1.82) is 0 Å². The molecule has 2 nitrogen and oxygen atoms in total. The number of hydrogen-bond acceptors (Lipinski definition) is 2. The second kappa shape index (κ2) is 9.29. The average Bonchev–Trinajstić information content (AvgIpc) is 3.59. The Hall–Kier alpha value is -5.17. The van der Waals surface area contributed by atoms with E-state index in [0.29, 0.717) is 0 Å². The maximum atomic E-state index is 15.9. The van der Waals surface area contributed by atoms with Crippen molar-refractivity contribution in [2.24, 2.45) is 0 Å². The summed E-state index contributed by atoms with van der Waals surface area (Å²) in [7, 11) is -3.12. The first-order valence-electron chi connectivity index (χ1n) is 17.4. The van der Waals surface area contributed by atoms with Crippen molar-refractivity contribution in [2.45, 2.75) is 37.5 Å². The number of benzene rings is 6. The summed E-state index contributed by atoms with van der Waals surface area (Å²) in [5.74, 6) is 0. The van der Waals surface area contributed by atoms with Crippen LogP contribution in [0.15, 0.2) is 157 Å². The van der Waals surface area contributed by atoms with Crippen LogP contribution in [-0.2, 0) is 15.4 Å². The highest BCUT2D eigenvalue weighted by Gasteiger charge is 2.57. The van der Waals surface area contributed by atoms with Crippen LogP contribution in [0.3, 0.4) is 0 Å². The van der Waals surface area contributed by atoms with Gasteiger partial charge in [0.1, 0.15) is 0 Å². The van der Waals surface area contributed by atoms with Crippen molar-refractivity contribution in [3.05, 3.63) is 185 Å². The van der Waals surface area contributed by atoms with Crippen molar-refractivity contribution < 1.29 is 4.57 Å². The van der Waals surface area contributed by atoms with Crippen LogP contribution in [0.5, 0.6) is 0 Å². The summed E-state index contributed by atoms with van der Waals surface area (Å²) in [6.45, 7) is 4.74. The van der Waals surface area contributed by atoms with Crippen molar-refractivity contribution in [3.63, 3.8) is 0 Å². The molecule has 0 saturated heterocycles. The van der Waals surface area contributed by atoms with Gasteiger partial charge in [-0.1, -0.05) is 141 Å². The van der Waals surface area contributed by atoms with E-state index in [1.165, 1.54) is 50.5 Å². The molecule has 0 aromatic heterocycles. The van der Waals surface area contributed by atoms with Crippen LogP contribution in [0.4, 0.5) is 11.4 Å². The molecule has 0 bridgehead atoms. The standard InChI is InChI=1S/C46H34NOP/c1-45(2)35-18-6-9-22-40(35)47(41-23-10-7-19-36(41)45)29-26-27-31-30-14-3-5-17-34(30)46(39(31)28-29)37-20-8-12-25-43(37)49(48)42-24-11-4-15-32(42)33-16-13-21-38(46)44(33)49/h3-9,11-22,24-28H,10,23H2,1-2H3. The van der Waals surface area contributed by atoms with Crippen molar-refractivity contribution in [3.8, 4) is 22.3 Å².